The quantitative estimate of drug-likeness (QED) is 0.407. The van der Waals surface area contributed by atoms with Gasteiger partial charge in [0.15, 0.2) is 0 Å². The Bertz CT molecular complexity index is 1310. The summed E-state index contributed by atoms with van der Waals surface area (Å²) in [7, 11) is -3.95. The third-order valence-electron chi connectivity index (χ3n) is 4.96. The summed E-state index contributed by atoms with van der Waals surface area (Å²) in [4.78, 5) is 23.4. The van der Waals surface area contributed by atoms with Gasteiger partial charge in [-0.25, -0.2) is 8.42 Å². The molecule has 0 unspecified atom stereocenters. The lowest BCUT2D eigenvalue weighted by atomic mass is 10.1. The highest BCUT2D eigenvalue weighted by molar-refractivity contribution is 7.92. The van der Waals surface area contributed by atoms with Crippen LogP contribution in [0.4, 0.5) is 17.1 Å². The van der Waals surface area contributed by atoms with Crippen molar-refractivity contribution in [2.75, 3.05) is 10.0 Å². The highest BCUT2D eigenvalue weighted by Gasteiger charge is 2.21. The summed E-state index contributed by atoms with van der Waals surface area (Å²) in [6.07, 6.45) is 0. The van der Waals surface area contributed by atoms with E-state index >= 15 is 0 Å². The number of benzene rings is 3. The summed E-state index contributed by atoms with van der Waals surface area (Å²) in [5.74, 6) is -0.573. The van der Waals surface area contributed by atoms with E-state index in [-0.39, 0.29) is 21.8 Å². The molecular formula is C23H23N3O5S. The summed E-state index contributed by atoms with van der Waals surface area (Å²) in [6, 6.07) is 14.1. The molecule has 0 bridgehead atoms. The normalized spacial score (nSPS) is 11.1. The molecule has 32 heavy (non-hydrogen) atoms. The van der Waals surface area contributed by atoms with Crippen LogP contribution in [0.5, 0.6) is 0 Å². The lowest BCUT2D eigenvalue weighted by molar-refractivity contribution is -0.385. The minimum Gasteiger partial charge on any atom is -0.321 e. The monoisotopic (exact) mass is 453 g/mol. The lowest BCUT2D eigenvalue weighted by Crippen LogP contribution is -2.17. The van der Waals surface area contributed by atoms with Crippen LogP contribution >= 0.6 is 0 Å². The van der Waals surface area contributed by atoms with Gasteiger partial charge in [0, 0.05) is 17.3 Å². The summed E-state index contributed by atoms with van der Waals surface area (Å²) in [5, 5.41) is 13.8. The first-order valence-electron chi connectivity index (χ1n) is 9.75. The Morgan fingerprint density at radius 2 is 1.59 bits per heavy atom. The average Bonchev–Trinajstić information content (AvgIpc) is 2.68. The van der Waals surface area contributed by atoms with E-state index < -0.39 is 20.9 Å². The van der Waals surface area contributed by atoms with Gasteiger partial charge in [-0.15, -0.1) is 0 Å². The van der Waals surface area contributed by atoms with Crippen LogP contribution in [0.15, 0.2) is 59.5 Å². The van der Waals surface area contributed by atoms with Crippen molar-refractivity contribution in [1.82, 2.24) is 0 Å². The fraction of sp³-hybridized carbons (Fsp3) is 0.174. The largest absolute Gasteiger partial charge is 0.321 e. The van der Waals surface area contributed by atoms with Crippen molar-refractivity contribution < 1.29 is 18.1 Å². The number of carbonyl (C=O) groups excluding carboxylic acids is 1. The number of anilines is 2. The van der Waals surface area contributed by atoms with Crippen LogP contribution in [0.3, 0.4) is 0 Å². The van der Waals surface area contributed by atoms with Crippen LogP contribution < -0.4 is 10.0 Å². The SMILES string of the molecule is Cc1cc(C)cc(NS(=O)(=O)c2cc(C(=O)Nc3cccc([N+](=O)[O-])c3C)ccc2C)c1. The Balaban J connectivity index is 1.92. The molecule has 0 aliphatic carbocycles. The van der Waals surface area contributed by atoms with Gasteiger partial charge in [-0.2, -0.15) is 0 Å². The van der Waals surface area contributed by atoms with Crippen molar-refractivity contribution in [2.24, 2.45) is 0 Å². The third kappa shape index (κ3) is 4.94. The molecule has 0 aliphatic heterocycles. The number of hydrogen-bond acceptors (Lipinski definition) is 5. The molecule has 3 aromatic rings. The minimum absolute atomic E-state index is 0.0277. The molecule has 0 saturated carbocycles. The highest BCUT2D eigenvalue weighted by atomic mass is 32.2. The Morgan fingerprint density at radius 3 is 2.22 bits per heavy atom. The average molecular weight is 454 g/mol. The van der Waals surface area contributed by atoms with E-state index in [0.29, 0.717) is 16.8 Å². The van der Waals surface area contributed by atoms with Gasteiger partial charge in [0.2, 0.25) is 0 Å². The molecule has 0 heterocycles. The van der Waals surface area contributed by atoms with Crippen LogP contribution in [-0.4, -0.2) is 19.2 Å². The summed E-state index contributed by atoms with van der Waals surface area (Å²) < 4.78 is 28.6. The van der Waals surface area contributed by atoms with Crippen molar-refractivity contribution >= 4 is 33.0 Å². The van der Waals surface area contributed by atoms with E-state index in [1.807, 2.05) is 19.9 Å². The molecule has 166 valence electrons. The number of amides is 1. The molecule has 9 heteroatoms. The van der Waals surface area contributed by atoms with Crippen molar-refractivity contribution in [3.8, 4) is 0 Å². The number of hydrogen-bond donors (Lipinski definition) is 2. The van der Waals surface area contributed by atoms with Crippen molar-refractivity contribution in [1.29, 1.82) is 0 Å². The smallest absolute Gasteiger partial charge is 0.274 e. The van der Waals surface area contributed by atoms with Gasteiger partial charge in [0.25, 0.3) is 21.6 Å². The van der Waals surface area contributed by atoms with E-state index in [9.17, 15) is 23.3 Å². The molecule has 0 aliphatic rings. The van der Waals surface area contributed by atoms with Crippen LogP contribution in [0.25, 0.3) is 0 Å². The van der Waals surface area contributed by atoms with Gasteiger partial charge in [0.05, 0.1) is 21.1 Å². The Hall–Kier alpha value is -3.72. The minimum atomic E-state index is -3.95. The first-order valence-corrected chi connectivity index (χ1v) is 11.2. The molecule has 0 spiro atoms. The molecule has 3 aromatic carbocycles. The Labute approximate surface area is 186 Å². The molecule has 0 atom stereocenters. The molecular weight excluding hydrogens is 430 g/mol. The molecule has 0 radical (unpaired) electrons. The van der Waals surface area contributed by atoms with Crippen LogP contribution in [-0.2, 0) is 10.0 Å². The zero-order valence-corrected chi connectivity index (χ0v) is 18.9. The number of sulfonamides is 1. The van der Waals surface area contributed by atoms with Crippen LogP contribution in [0.2, 0.25) is 0 Å². The maximum absolute atomic E-state index is 13.0. The second kappa shape index (κ2) is 8.80. The van der Waals surface area contributed by atoms with Crippen molar-refractivity contribution in [3.63, 3.8) is 0 Å². The summed E-state index contributed by atoms with van der Waals surface area (Å²) in [5.41, 5.74) is 3.33. The fourth-order valence-corrected chi connectivity index (χ4v) is 4.74. The van der Waals surface area contributed by atoms with Gasteiger partial charge in [-0.1, -0.05) is 18.2 Å². The molecule has 8 nitrogen and oxygen atoms in total. The first-order chi connectivity index (χ1) is 15.0. The maximum atomic E-state index is 13.0. The number of carbonyl (C=O) groups is 1. The standard InChI is InChI=1S/C23H23N3O5S/c1-14-10-15(2)12-19(11-14)25-32(30,31)22-13-18(9-8-16(22)3)23(27)24-20-6-5-7-21(17(20)4)26(28)29/h5-13,25H,1-4H3,(H,24,27). The number of nitrogens with one attached hydrogen (secondary N) is 2. The second-order valence-electron chi connectivity index (χ2n) is 7.62. The molecule has 1 amide bonds. The number of nitrogens with zero attached hydrogens (tertiary/aromatic N) is 1. The fourth-order valence-electron chi connectivity index (χ4n) is 3.43. The molecule has 0 aromatic heterocycles. The lowest BCUT2D eigenvalue weighted by Gasteiger charge is -2.14. The zero-order chi connectivity index (χ0) is 23.6. The number of nitro groups is 1. The third-order valence-corrected chi connectivity index (χ3v) is 6.49. The van der Waals surface area contributed by atoms with E-state index in [1.165, 1.54) is 31.2 Å². The van der Waals surface area contributed by atoms with Crippen LogP contribution in [0.1, 0.15) is 32.6 Å². The number of rotatable bonds is 6. The van der Waals surface area contributed by atoms with Gasteiger partial charge < -0.3 is 5.32 Å². The highest BCUT2D eigenvalue weighted by Crippen LogP contribution is 2.27. The van der Waals surface area contributed by atoms with E-state index in [2.05, 4.69) is 10.0 Å². The topological polar surface area (TPSA) is 118 Å². The van der Waals surface area contributed by atoms with Gasteiger partial charge in [0.1, 0.15) is 0 Å². The van der Waals surface area contributed by atoms with Gasteiger partial charge in [-0.3, -0.25) is 19.6 Å². The zero-order valence-electron chi connectivity index (χ0n) is 18.1. The number of nitro benzene ring substituents is 1. The molecule has 3 rings (SSSR count). The predicted octanol–water partition coefficient (Wildman–Crippen LogP) is 4.88. The van der Waals surface area contributed by atoms with E-state index in [4.69, 9.17) is 0 Å². The Morgan fingerprint density at radius 1 is 0.938 bits per heavy atom. The van der Waals surface area contributed by atoms with E-state index in [0.717, 1.165) is 11.1 Å². The molecule has 2 N–H and O–H groups in total. The molecule has 0 saturated heterocycles. The van der Waals surface area contributed by atoms with E-state index in [1.54, 1.807) is 31.2 Å². The van der Waals surface area contributed by atoms with Crippen LogP contribution in [0, 0.1) is 37.8 Å². The van der Waals surface area contributed by atoms with Gasteiger partial charge >= 0.3 is 0 Å². The van der Waals surface area contributed by atoms with Crippen molar-refractivity contribution in [2.45, 2.75) is 32.6 Å². The number of aryl methyl sites for hydroxylation is 3. The Kier molecular flexibility index (Phi) is 6.31. The summed E-state index contributed by atoms with van der Waals surface area (Å²) >= 11 is 0. The molecule has 0 fully saturated rings. The maximum Gasteiger partial charge on any atom is 0.274 e. The predicted molar refractivity (Wildman–Crippen MR) is 124 cm³/mol. The van der Waals surface area contributed by atoms with Crippen molar-refractivity contribution in [3.05, 3.63) is 92.5 Å². The second-order valence-corrected chi connectivity index (χ2v) is 9.27. The van der Waals surface area contributed by atoms with Gasteiger partial charge in [-0.05, 0) is 74.7 Å². The first kappa shape index (κ1) is 23.0. The summed E-state index contributed by atoms with van der Waals surface area (Å²) in [6.45, 7) is 6.92.